The molecule has 0 aliphatic carbocycles. The Kier molecular flexibility index (Phi) is 5.06. The van der Waals surface area contributed by atoms with Crippen molar-refractivity contribution >= 4 is 15.9 Å². The van der Waals surface area contributed by atoms with Crippen LogP contribution in [0.1, 0.15) is 50.4 Å². The van der Waals surface area contributed by atoms with E-state index in [9.17, 15) is 4.39 Å². The van der Waals surface area contributed by atoms with Crippen molar-refractivity contribution in [3.8, 4) is 11.1 Å². The van der Waals surface area contributed by atoms with E-state index in [-0.39, 0.29) is 11.2 Å². The van der Waals surface area contributed by atoms with Gasteiger partial charge in [0.15, 0.2) is 0 Å². The van der Waals surface area contributed by atoms with Crippen LogP contribution >= 0.6 is 15.9 Å². The summed E-state index contributed by atoms with van der Waals surface area (Å²) in [6.45, 7) is 10.8. The first kappa shape index (κ1) is 17.1. The molecule has 0 aliphatic rings. The van der Waals surface area contributed by atoms with E-state index in [1.165, 1.54) is 17.3 Å². The number of pyridine rings is 1. The Morgan fingerprint density at radius 1 is 1.18 bits per heavy atom. The summed E-state index contributed by atoms with van der Waals surface area (Å²) in [7, 11) is 0. The lowest BCUT2D eigenvalue weighted by molar-refractivity contribution is 0.340. The number of halogens is 2. The molecule has 1 atom stereocenters. The van der Waals surface area contributed by atoms with Gasteiger partial charge >= 0.3 is 0 Å². The summed E-state index contributed by atoms with van der Waals surface area (Å²) in [5.74, 6) is 0.0499. The van der Waals surface area contributed by atoms with Gasteiger partial charge in [0, 0.05) is 16.6 Å². The van der Waals surface area contributed by atoms with Crippen molar-refractivity contribution in [3.63, 3.8) is 0 Å². The molecule has 0 saturated carbocycles. The van der Waals surface area contributed by atoms with E-state index in [1.54, 1.807) is 0 Å². The molecule has 0 radical (unpaired) electrons. The van der Waals surface area contributed by atoms with Gasteiger partial charge in [-0.25, -0.2) is 4.39 Å². The summed E-state index contributed by atoms with van der Waals surface area (Å²) in [5.41, 5.74) is 4.94. The molecule has 0 aliphatic heterocycles. The molecule has 1 aromatic carbocycles. The van der Waals surface area contributed by atoms with E-state index in [0.717, 1.165) is 16.6 Å². The second-order valence-corrected chi connectivity index (χ2v) is 7.51. The second kappa shape index (κ2) is 6.49. The highest BCUT2D eigenvalue weighted by molar-refractivity contribution is 9.08. The molecular weight excluding hydrogens is 341 g/mol. The van der Waals surface area contributed by atoms with Crippen LogP contribution < -0.4 is 0 Å². The van der Waals surface area contributed by atoms with Crippen LogP contribution in [0.25, 0.3) is 11.1 Å². The maximum absolute atomic E-state index is 14.3. The van der Waals surface area contributed by atoms with Gasteiger partial charge in [0.05, 0.1) is 6.20 Å². The Balaban J connectivity index is 2.68. The fourth-order valence-electron chi connectivity index (χ4n) is 2.51. The van der Waals surface area contributed by atoms with Crippen LogP contribution in [0.3, 0.4) is 0 Å². The number of hydrogen-bond acceptors (Lipinski definition) is 1. The van der Waals surface area contributed by atoms with Crippen molar-refractivity contribution in [1.29, 1.82) is 0 Å². The fraction of sp³-hybridized carbons (Fsp3) is 0.421. The molecule has 2 rings (SSSR count). The minimum absolute atomic E-state index is 0.109. The maximum Gasteiger partial charge on any atom is 0.149 e. The fourth-order valence-corrected chi connectivity index (χ4v) is 2.86. The van der Waals surface area contributed by atoms with Crippen molar-refractivity contribution in [3.05, 3.63) is 53.1 Å². The standard InChI is InChI=1S/C19H23BrFN/c1-12-8-17(18(21)11-22-12)15-7-6-14(10-20)9-16(15)13(2)19(3,4)5/h6-9,11,13H,10H2,1-5H3/t13-/m1/s1. The molecule has 0 fully saturated rings. The van der Waals surface area contributed by atoms with E-state index in [4.69, 9.17) is 0 Å². The molecule has 0 N–H and O–H groups in total. The van der Waals surface area contributed by atoms with Gasteiger partial charge in [-0.3, -0.25) is 4.98 Å². The minimum Gasteiger partial charge on any atom is -0.259 e. The summed E-state index contributed by atoms with van der Waals surface area (Å²) in [6.07, 6.45) is 1.31. The average Bonchev–Trinajstić information content (AvgIpc) is 2.47. The van der Waals surface area contributed by atoms with Crippen LogP contribution in [0.5, 0.6) is 0 Å². The first-order chi connectivity index (χ1) is 10.2. The first-order valence-corrected chi connectivity index (χ1v) is 8.67. The third-order valence-corrected chi connectivity index (χ3v) is 4.97. The van der Waals surface area contributed by atoms with Crippen LogP contribution in [0.4, 0.5) is 4.39 Å². The SMILES string of the molecule is Cc1cc(-c2ccc(CBr)cc2[C@@H](C)C(C)(C)C)c(F)cn1. The van der Waals surface area contributed by atoms with Crippen molar-refractivity contribution in [2.24, 2.45) is 5.41 Å². The minimum atomic E-state index is -0.264. The van der Waals surface area contributed by atoms with E-state index in [1.807, 2.05) is 19.1 Å². The maximum atomic E-state index is 14.3. The Hall–Kier alpha value is -1.22. The monoisotopic (exact) mass is 363 g/mol. The molecule has 0 saturated heterocycles. The predicted molar refractivity (Wildman–Crippen MR) is 94.9 cm³/mol. The first-order valence-electron chi connectivity index (χ1n) is 7.55. The lowest BCUT2D eigenvalue weighted by atomic mass is 9.75. The van der Waals surface area contributed by atoms with Crippen LogP contribution in [0.15, 0.2) is 30.5 Å². The lowest BCUT2D eigenvalue weighted by Crippen LogP contribution is -2.16. The number of benzene rings is 1. The van der Waals surface area contributed by atoms with E-state index in [2.05, 4.69) is 60.7 Å². The predicted octanol–water partition coefficient (Wildman–Crippen LogP) is 6.24. The number of nitrogens with zero attached hydrogens (tertiary/aromatic N) is 1. The Morgan fingerprint density at radius 3 is 2.45 bits per heavy atom. The number of rotatable bonds is 3. The van der Waals surface area contributed by atoms with E-state index < -0.39 is 0 Å². The molecule has 1 heterocycles. The molecule has 22 heavy (non-hydrogen) atoms. The molecule has 0 unspecified atom stereocenters. The summed E-state index contributed by atoms with van der Waals surface area (Å²) in [4.78, 5) is 4.04. The van der Waals surface area contributed by atoms with Crippen molar-refractivity contribution in [2.45, 2.75) is 45.9 Å². The summed E-state index contributed by atoms with van der Waals surface area (Å²) < 4.78 is 14.3. The average molecular weight is 364 g/mol. The second-order valence-electron chi connectivity index (χ2n) is 6.95. The quantitative estimate of drug-likeness (QED) is 0.588. The zero-order chi connectivity index (χ0) is 16.5. The van der Waals surface area contributed by atoms with E-state index >= 15 is 0 Å². The molecule has 118 valence electrons. The van der Waals surface area contributed by atoms with Crippen molar-refractivity contribution in [2.75, 3.05) is 0 Å². The summed E-state index contributed by atoms with van der Waals surface area (Å²) in [6, 6.07) is 8.11. The molecule has 0 bridgehead atoms. The van der Waals surface area contributed by atoms with E-state index in [0.29, 0.717) is 11.5 Å². The highest BCUT2D eigenvalue weighted by Gasteiger charge is 2.25. The van der Waals surface area contributed by atoms with Gasteiger partial charge in [-0.05, 0) is 41.0 Å². The molecule has 0 spiro atoms. The lowest BCUT2D eigenvalue weighted by Gasteiger charge is -2.30. The molecule has 2 aromatic rings. The van der Waals surface area contributed by atoms with Gasteiger partial charge in [0.1, 0.15) is 5.82 Å². The topological polar surface area (TPSA) is 12.9 Å². The van der Waals surface area contributed by atoms with Crippen molar-refractivity contribution in [1.82, 2.24) is 4.98 Å². The molecule has 0 amide bonds. The number of hydrogen-bond donors (Lipinski definition) is 0. The van der Waals surface area contributed by atoms with Gasteiger partial charge in [0.25, 0.3) is 0 Å². The molecule has 1 nitrogen and oxygen atoms in total. The molecule has 1 aromatic heterocycles. The zero-order valence-electron chi connectivity index (χ0n) is 13.9. The number of alkyl halides is 1. The van der Waals surface area contributed by atoms with Crippen LogP contribution in [-0.2, 0) is 5.33 Å². The highest BCUT2D eigenvalue weighted by Crippen LogP contribution is 2.40. The Bertz CT molecular complexity index is 674. The zero-order valence-corrected chi connectivity index (χ0v) is 15.5. The number of aryl methyl sites for hydroxylation is 1. The summed E-state index contributed by atoms with van der Waals surface area (Å²) >= 11 is 3.51. The summed E-state index contributed by atoms with van der Waals surface area (Å²) in [5, 5.41) is 0.801. The van der Waals surface area contributed by atoms with Crippen molar-refractivity contribution < 1.29 is 4.39 Å². The van der Waals surface area contributed by atoms with Gasteiger partial charge in [-0.1, -0.05) is 61.8 Å². The Labute approximate surface area is 141 Å². The Morgan fingerprint density at radius 2 is 1.86 bits per heavy atom. The van der Waals surface area contributed by atoms with Gasteiger partial charge in [0.2, 0.25) is 0 Å². The third kappa shape index (κ3) is 3.57. The van der Waals surface area contributed by atoms with Gasteiger partial charge in [-0.15, -0.1) is 0 Å². The van der Waals surface area contributed by atoms with Crippen LogP contribution in [-0.4, -0.2) is 4.98 Å². The van der Waals surface area contributed by atoms with Gasteiger partial charge < -0.3 is 0 Å². The van der Waals surface area contributed by atoms with Gasteiger partial charge in [-0.2, -0.15) is 0 Å². The smallest absolute Gasteiger partial charge is 0.149 e. The third-order valence-electron chi connectivity index (χ3n) is 4.32. The molecular formula is C19H23BrFN. The largest absolute Gasteiger partial charge is 0.259 e. The number of aromatic nitrogens is 1. The highest BCUT2D eigenvalue weighted by atomic mass is 79.9. The molecule has 3 heteroatoms. The normalized spacial score (nSPS) is 13.2. The van der Waals surface area contributed by atoms with Crippen LogP contribution in [0.2, 0.25) is 0 Å². The van der Waals surface area contributed by atoms with Crippen LogP contribution in [0, 0.1) is 18.2 Å².